The zero-order valence-electron chi connectivity index (χ0n) is 11.7. The predicted octanol–water partition coefficient (Wildman–Crippen LogP) is 3.92. The minimum absolute atomic E-state index is 0.177. The van der Waals surface area contributed by atoms with Crippen molar-refractivity contribution in [2.45, 2.75) is 26.6 Å². The van der Waals surface area contributed by atoms with Crippen molar-refractivity contribution in [1.29, 1.82) is 5.26 Å². The molecule has 20 heavy (non-hydrogen) atoms. The highest BCUT2D eigenvalue weighted by molar-refractivity contribution is 5.34. The molecule has 0 fully saturated rings. The number of nitrogens with zero attached hydrogens (tertiary/aromatic N) is 1. The van der Waals surface area contributed by atoms with Crippen molar-refractivity contribution in [3.63, 3.8) is 0 Å². The van der Waals surface area contributed by atoms with Crippen LogP contribution in [0, 0.1) is 11.3 Å². The van der Waals surface area contributed by atoms with Crippen LogP contribution in [0.3, 0.4) is 0 Å². The van der Waals surface area contributed by atoms with Crippen molar-refractivity contribution in [2.24, 2.45) is 0 Å². The number of nitriles is 1. The van der Waals surface area contributed by atoms with Gasteiger partial charge in [-0.05, 0) is 55.8 Å². The molecule has 3 nitrogen and oxygen atoms in total. The monoisotopic (exact) mass is 267 g/mol. The molecule has 0 saturated heterocycles. The van der Waals surface area contributed by atoms with Crippen molar-refractivity contribution >= 4 is 0 Å². The third-order valence-electron chi connectivity index (χ3n) is 2.68. The van der Waals surface area contributed by atoms with Crippen molar-refractivity contribution in [1.82, 2.24) is 0 Å². The third-order valence-corrected chi connectivity index (χ3v) is 2.68. The standard InChI is InChI=1S/C17H17NO2/c1-13(2)20-17-9-5-15(6-10-17)12-19-16-7-3-14(11-18)4-8-16/h3-10,13H,12H2,1-2H3. The molecule has 0 unspecified atom stereocenters. The molecule has 0 bridgehead atoms. The first-order valence-electron chi connectivity index (χ1n) is 6.56. The van der Waals surface area contributed by atoms with Crippen LogP contribution in [0.4, 0.5) is 0 Å². The molecule has 0 saturated carbocycles. The summed E-state index contributed by atoms with van der Waals surface area (Å²) in [5.41, 5.74) is 1.71. The Balaban J connectivity index is 1.91. The van der Waals surface area contributed by atoms with Gasteiger partial charge in [-0.2, -0.15) is 5.26 Å². The summed E-state index contributed by atoms with van der Waals surface area (Å²) in [7, 11) is 0. The van der Waals surface area contributed by atoms with Crippen molar-refractivity contribution < 1.29 is 9.47 Å². The van der Waals surface area contributed by atoms with Crippen LogP contribution in [0.2, 0.25) is 0 Å². The first kappa shape index (κ1) is 14.0. The summed E-state index contributed by atoms with van der Waals surface area (Å²) in [5.74, 6) is 1.62. The van der Waals surface area contributed by atoms with Crippen LogP contribution in [0.1, 0.15) is 25.0 Å². The van der Waals surface area contributed by atoms with Crippen LogP contribution in [0.25, 0.3) is 0 Å². The normalized spacial score (nSPS) is 10.1. The minimum Gasteiger partial charge on any atom is -0.491 e. The van der Waals surface area contributed by atoms with E-state index in [1.807, 2.05) is 38.1 Å². The number of ether oxygens (including phenoxy) is 2. The second kappa shape index (κ2) is 6.63. The SMILES string of the molecule is CC(C)Oc1ccc(COc2ccc(C#N)cc2)cc1. The van der Waals surface area contributed by atoms with Gasteiger partial charge in [0.2, 0.25) is 0 Å². The molecule has 0 radical (unpaired) electrons. The van der Waals surface area contributed by atoms with Crippen molar-refractivity contribution in [3.05, 3.63) is 59.7 Å². The summed E-state index contributed by atoms with van der Waals surface area (Å²) in [5, 5.41) is 8.72. The topological polar surface area (TPSA) is 42.2 Å². The Kier molecular flexibility index (Phi) is 4.62. The maximum Gasteiger partial charge on any atom is 0.119 e. The molecule has 0 aromatic heterocycles. The Bertz CT molecular complexity index is 580. The van der Waals surface area contributed by atoms with E-state index in [-0.39, 0.29) is 6.10 Å². The maximum atomic E-state index is 8.72. The highest BCUT2D eigenvalue weighted by Crippen LogP contribution is 2.17. The van der Waals surface area contributed by atoms with E-state index in [2.05, 4.69) is 6.07 Å². The Labute approximate surface area is 119 Å². The zero-order chi connectivity index (χ0) is 14.4. The van der Waals surface area contributed by atoms with Gasteiger partial charge in [-0.25, -0.2) is 0 Å². The summed E-state index contributed by atoms with van der Waals surface area (Å²) < 4.78 is 11.2. The van der Waals surface area contributed by atoms with Crippen LogP contribution >= 0.6 is 0 Å². The van der Waals surface area contributed by atoms with E-state index in [0.717, 1.165) is 17.1 Å². The summed E-state index contributed by atoms with van der Waals surface area (Å²) in [6.07, 6.45) is 0.177. The Morgan fingerprint density at radius 3 is 2.10 bits per heavy atom. The average Bonchev–Trinajstić information content (AvgIpc) is 2.46. The van der Waals surface area contributed by atoms with Crippen LogP contribution in [0.15, 0.2) is 48.5 Å². The molecule has 0 aliphatic heterocycles. The summed E-state index contributed by atoms with van der Waals surface area (Å²) >= 11 is 0. The van der Waals surface area contributed by atoms with Gasteiger partial charge in [0.1, 0.15) is 18.1 Å². The van der Waals surface area contributed by atoms with Crippen molar-refractivity contribution in [2.75, 3.05) is 0 Å². The fourth-order valence-corrected chi connectivity index (χ4v) is 1.73. The summed E-state index contributed by atoms with van der Waals surface area (Å²) in [6, 6.07) is 17.0. The molecule has 3 heteroatoms. The molecule has 2 aromatic carbocycles. The molecule has 2 rings (SSSR count). The molecule has 102 valence electrons. The van der Waals surface area contributed by atoms with Gasteiger partial charge in [-0.15, -0.1) is 0 Å². The van der Waals surface area contributed by atoms with Crippen LogP contribution in [0.5, 0.6) is 11.5 Å². The maximum absolute atomic E-state index is 8.72. The second-order valence-electron chi connectivity index (χ2n) is 4.74. The molecule has 0 aliphatic carbocycles. The molecule has 0 atom stereocenters. The Morgan fingerprint density at radius 1 is 0.950 bits per heavy atom. The Hall–Kier alpha value is -2.47. The summed E-state index contributed by atoms with van der Waals surface area (Å²) in [6.45, 7) is 4.50. The molecular weight excluding hydrogens is 250 g/mol. The molecule has 0 N–H and O–H groups in total. The van der Waals surface area contributed by atoms with E-state index < -0.39 is 0 Å². The number of rotatable bonds is 5. The van der Waals surface area contributed by atoms with Gasteiger partial charge in [-0.3, -0.25) is 0 Å². The molecule has 2 aromatic rings. The van der Waals surface area contributed by atoms with Gasteiger partial charge in [0.25, 0.3) is 0 Å². The quantitative estimate of drug-likeness (QED) is 0.824. The van der Waals surface area contributed by atoms with Crippen LogP contribution in [-0.4, -0.2) is 6.10 Å². The lowest BCUT2D eigenvalue weighted by molar-refractivity contribution is 0.242. The number of benzene rings is 2. The lowest BCUT2D eigenvalue weighted by atomic mass is 10.2. The average molecular weight is 267 g/mol. The van der Waals surface area contributed by atoms with E-state index >= 15 is 0 Å². The fraction of sp³-hybridized carbons (Fsp3) is 0.235. The summed E-state index contributed by atoms with van der Waals surface area (Å²) in [4.78, 5) is 0. The number of hydrogen-bond donors (Lipinski definition) is 0. The van der Waals surface area contributed by atoms with Gasteiger partial charge in [0.05, 0.1) is 17.7 Å². The van der Waals surface area contributed by atoms with Gasteiger partial charge < -0.3 is 9.47 Å². The highest BCUT2D eigenvalue weighted by atomic mass is 16.5. The Morgan fingerprint density at radius 2 is 1.55 bits per heavy atom. The van der Waals surface area contributed by atoms with E-state index in [9.17, 15) is 0 Å². The molecule has 0 heterocycles. The molecule has 0 spiro atoms. The minimum atomic E-state index is 0.177. The molecule has 0 aliphatic rings. The zero-order valence-corrected chi connectivity index (χ0v) is 11.7. The molecular formula is C17H17NO2. The fourth-order valence-electron chi connectivity index (χ4n) is 1.73. The van der Waals surface area contributed by atoms with Gasteiger partial charge >= 0.3 is 0 Å². The lowest BCUT2D eigenvalue weighted by Crippen LogP contribution is -2.05. The van der Waals surface area contributed by atoms with Crippen molar-refractivity contribution in [3.8, 4) is 17.6 Å². The largest absolute Gasteiger partial charge is 0.491 e. The predicted molar refractivity (Wildman–Crippen MR) is 77.7 cm³/mol. The third kappa shape index (κ3) is 4.03. The number of hydrogen-bond acceptors (Lipinski definition) is 3. The first-order valence-corrected chi connectivity index (χ1v) is 6.56. The van der Waals surface area contributed by atoms with Gasteiger partial charge in [0, 0.05) is 0 Å². The van der Waals surface area contributed by atoms with E-state index in [0.29, 0.717) is 12.2 Å². The first-order chi connectivity index (χ1) is 9.67. The lowest BCUT2D eigenvalue weighted by Gasteiger charge is -2.10. The van der Waals surface area contributed by atoms with E-state index in [4.69, 9.17) is 14.7 Å². The van der Waals surface area contributed by atoms with E-state index in [1.54, 1.807) is 24.3 Å². The highest BCUT2D eigenvalue weighted by Gasteiger charge is 2.00. The van der Waals surface area contributed by atoms with Gasteiger partial charge in [0.15, 0.2) is 0 Å². The van der Waals surface area contributed by atoms with Crippen LogP contribution in [-0.2, 0) is 6.61 Å². The van der Waals surface area contributed by atoms with E-state index in [1.165, 1.54) is 0 Å². The van der Waals surface area contributed by atoms with Gasteiger partial charge in [-0.1, -0.05) is 12.1 Å². The second-order valence-corrected chi connectivity index (χ2v) is 4.74. The molecule has 0 amide bonds. The smallest absolute Gasteiger partial charge is 0.119 e. The van der Waals surface area contributed by atoms with Crippen LogP contribution < -0.4 is 9.47 Å².